The molecule has 3 aromatic rings. The van der Waals surface area contributed by atoms with Gasteiger partial charge in [-0.2, -0.15) is 13.2 Å². The van der Waals surface area contributed by atoms with Gasteiger partial charge >= 0.3 is 5.51 Å². The molecule has 2 saturated carbocycles. The van der Waals surface area contributed by atoms with Crippen molar-refractivity contribution in [2.45, 2.75) is 69.3 Å². The van der Waals surface area contributed by atoms with Crippen LogP contribution in [0.25, 0.3) is 11.1 Å². The van der Waals surface area contributed by atoms with Crippen LogP contribution < -0.4 is 20.1 Å². The van der Waals surface area contributed by atoms with Crippen LogP contribution in [0, 0.1) is 29.0 Å². The third kappa shape index (κ3) is 7.56. The Bertz CT molecular complexity index is 1850. The van der Waals surface area contributed by atoms with E-state index in [0.717, 1.165) is 55.5 Å². The molecule has 8 nitrogen and oxygen atoms in total. The van der Waals surface area contributed by atoms with Crippen LogP contribution in [0.4, 0.5) is 23.2 Å². The van der Waals surface area contributed by atoms with Crippen molar-refractivity contribution < 1.29 is 45.0 Å². The predicted octanol–water partition coefficient (Wildman–Crippen LogP) is 7.57. The minimum absolute atomic E-state index is 0.000593. The SMILES string of the molecule is COc1cc(-c2cc(C(=O)N[C@@H]3[C@H]4CC[C@H](C4)[C@@H]3C(=O)Nc3cccc(S(=O)(=O)C(F)(F)F)c3)c(OC)cc2F)ccc1CCC(C)(C)C. The van der Waals surface area contributed by atoms with Gasteiger partial charge in [-0.1, -0.05) is 39.0 Å². The Balaban J connectivity index is 1.39. The van der Waals surface area contributed by atoms with E-state index < -0.39 is 49.8 Å². The number of halogens is 4. The van der Waals surface area contributed by atoms with Crippen molar-refractivity contribution in [3.8, 4) is 22.6 Å². The summed E-state index contributed by atoms with van der Waals surface area (Å²) >= 11 is 0. The lowest BCUT2D eigenvalue weighted by Gasteiger charge is -2.31. The molecule has 13 heteroatoms. The van der Waals surface area contributed by atoms with Crippen molar-refractivity contribution in [2.24, 2.45) is 23.2 Å². The normalized spacial score (nSPS) is 20.6. The molecular weight excluding hydrogens is 664 g/mol. The smallest absolute Gasteiger partial charge is 0.496 e. The fourth-order valence-electron chi connectivity index (χ4n) is 6.96. The number of ether oxygens (including phenoxy) is 2. The number of amides is 2. The summed E-state index contributed by atoms with van der Waals surface area (Å²) in [7, 11) is -2.75. The summed E-state index contributed by atoms with van der Waals surface area (Å²) in [5, 5.41) is 5.52. The number of hydrogen-bond donors (Lipinski definition) is 2. The van der Waals surface area contributed by atoms with E-state index in [0.29, 0.717) is 17.7 Å². The number of alkyl halides is 3. The Morgan fingerprint density at radius 1 is 0.918 bits per heavy atom. The number of fused-ring (bicyclic) bond motifs is 2. The molecule has 2 bridgehead atoms. The number of carbonyl (C=O) groups is 2. The summed E-state index contributed by atoms with van der Waals surface area (Å²) < 4.78 is 89.7. The van der Waals surface area contributed by atoms with Crippen LogP contribution in [0.2, 0.25) is 0 Å². The Hall–Kier alpha value is -4.13. The molecule has 0 aliphatic heterocycles. The fourth-order valence-corrected chi connectivity index (χ4v) is 7.76. The topological polar surface area (TPSA) is 111 Å². The van der Waals surface area contributed by atoms with E-state index in [-0.39, 0.29) is 39.8 Å². The number of rotatable bonds is 10. The summed E-state index contributed by atoms with van der Waals surface area (Å²) in [5.74, 6) is -2.03. The molecule has 2 aliphatic carbocycles. The summed E-state index contributed by atoms with van der Waals surface area (Å²) in [4.78, 5) is 26.4. The van der Waals surface area contributed by atoms with Gasteiger partial charge in [0.15, 0.2) is 0 Å². The summed E-state index contributed by atoms with van der Waals surface area (Å²) in [5.41, 5.74) is -3.83. The van der Waals surface area contributed by atoms with E-state index in [4.69, 9.17) is 9.47 Å². The average molecular weight is 705 g/mol. The van der Waals surface area contributed by atoms with Crippen LogP contribution >= 0.6 is 0 Å². The molecule has 0 heterocycles. The van der Waals surface area contributed by atoms with Crippen LogP contribution in [0.1, 0.15) is 62.4 Å². The number of methoxy groups -OCH3 is 2. The Morgan fingerprint density at radius 3 is 2.27 bits per heavy atom. The molecule has 0 spiro atoms. The van der Waals surface area contributed by atoms with Gasteiger partial charge in [0.05, 0.1) is 30.6 Å². The molecule has 4 atom stereocenters. The second kappa shape index (κ2) is 13.6. The number of sulfone groups is 1. The van der Waals surface area contributed by atoms with Crippen molar-refractivity contribution in [3.63, 3.8) is 0 Å². The van der Waals surface area contributed by atoms with Crippen molar-refractivity contribution in [2.75, 3.05) is 19.5 Å². The monoisotopic (exact) mass is 704 g/mol. The number of benzene rings is 3. The summed E-state index contributed by atoms with van der Waals surface area (Å²) in [6, 6.07) is 11.3. The quantitative estimate of drug-likeness (QED) is 0.211. The van der Waals surface area contributed by atoms with Crippen molar-refractivity contribution in [1.29, 1.82) is 0 Å². The molecule has 2 amide bonds. The third-order valence-corrected chi connectivity index (χ3v) is 11.0. The van der Waals surface area contributed by atoms with Gasteiger partial charge in [-0.05, 0) is 90.8 Å². The lowest BCUT2D eigenvalue weighted by Crippen LogP contribution is -2.48. The van der Waals surface area contributed by atoms with Gasteiger partial charge in [-0.3, -0.25) is 9.59 Å². The van der Waals surface area contributed by atoms with Crippen LogP contribution in [-0.2, 0) is 21.1 Å². The molecular formula is C36H40F4N2O6S. The maximum absolute atomic E-state index is 15.5. The molecule has 0 aromatic heterocycles. The first-order chi connectivity index (χ1) is 22.9. The van der Waals surface area contributed by atoms with E-state index in [2.05, 4.69) is 31.4 Å². The van der Waals surface area contributed by atoms with Gasteiger partial charge in [0.1, 0.15) is 17.3 Å². The van der Waals surface area contributed by atoms with Gasteiger partial charge in [-0.15, -0.1) is 0 Å². The fraction of sp³-hybridized carbons (Fsp3) is 0.444. The zero-order valence-electron chi connectivity index (χ0n) is 27.9. The maximum atomic E-state index is 15.5. The highest BCUT2D eigenvalue weighted by Gasteiger charge is 2.52. The minimum Gasteiger partial charge on any atom is -0.496 e. The van der Waals surface area contributed by atoms with E-state index >= 15 is 4.39 Å². The second-order valence-corrected chi connectivity index (χ2v) is 15.9. The van der Waals surface area contributed by atoms with Gasteiger partial charge in [0.2, 0.25) is 5.91 Å². The molecule has 3 aromatic carbocycles. The first-order valence-electron chi connectivity index (χ1n) is 16.0. The number of nitrogens with one attached hydrogen (secondary N) is 2. The van der Waals surface area contributed by atoms with Crippen LogP contribution in [0.15, 0.2) is 59.5 Å². The Morgan fingerprint density at radius 2 is 1.61 bits per heavy atom. The summed E-state index contributed by atoms with van der Waals surface area (Å²) in [6.07, 6.45) is 3.81. The van der Waals surface area contributed by atoms with Crippen LogP contribution in [0.5, 0.6) is 11.5 Å². The lowest BCUT2D eigenvalue weighted by molar-refractivity contribution is -0.122. The number of carbonyl (C=O) groups excluding carboxylic acids is 2. The molecule has 0 unspecified atom stereocenters. The van der Waals surface area contributed by atoms with Crippen molar-refractivity contribution in [1.82, 2.24) is 5.32 Å². The molecule has 49 heavy (non-hydrogen) atoms. The summed E-state index contributed by atoms with van der Waals surface area (Å²) in [6.45, 7) is 6.44. The van der Waals surface area contributed by atoms with E-state index in [1.54, 1.807) is 19.2 Å². The first-order valence-corrected chi connectivity index (χ1v) is 17.5. The Labute approximate surface area is 283 Å². The zero-order valence-corrected chi connectivity index (χ0v) is 28.7. The van der Waals surface area contributed by atoms with Crippen LogP contribution in [-0.4, -0.2) is 46.0 Å². The lowest BCUT2D eigenvalue weighted by atomic mass is 9.83. The van der Waals surface area contributed by atoms with Crippen molar-refractivity contribution >= 4 is 27.3 Å². The average Bonchev–Trinajstić information content (AvgIpc) is 3.65. The molecule has 2 aliphatic rings. The first kappa shape index (κ1) is 36.2. The zero-order chi connectivity index (χ0) is 35.9. The maximum Gasteiger partial charge on any atom is 0.501 e. The highest BCUT2D eigenvalue weighted by Crippen LogP contribution is 2.49. The molecule has 0 radical (unpaired) electrons. The number of aryl methyl sites for hydroxylation is 1. The second-order valence-electron chi connectivity index (χ2n) is 13.9. The molecule has 264 valence electrons. The van der Waals surface area contributed by atoms with E-state index in [1.807, 2.05) is 6.07 Å². The third-order valence-electron chi connectivity index (χ3n) is 9.51. The highest BCUT2D eigenvalue weighted by molar-refractivity contribution is 7.92. The standard InChI is InChI=1S/C36H40F4N2O6S/c1-35(2,3)14-13-20-9-10-21(16-29(20)47-4)26-18-27(30(48-5)19-28(26)37)33(43)42-32-23-12-11-22(15-23)31(32)34(44)41-24-7-6-8-25(17-24)49(45,46)36(38,39)40/h6-10,16-19,22-23,31-32H,11-15H2,1-5H3,(H,41,44)(H,42,43)/t22-,23+,31+,32-/m1/s1. The van der Waals surface area contributed by atoms with Gasteiger partial charge < -0.3 is 20.1 Å². The van der Waals surface area contributed by atoms with Gasteiger partial charge in [-0.25, -0.2) is 12.8 Å². The van der Waals surface area contributed by atoms with E-state index in [1.165, 1.54) is 19.2 Å². The highest BCUT2D eigenvalue weighted by atomic mass is 32.2. The predicted molar refractivity (Wildman–Crippen MR) is 177 cm³/mol. The Kier molecular flexibility index (Phi) is 10.1. The number of anilines is 1. The minimum atomic E-state index is -5.62. The van der Waals surface area contributed by atoms with Gasteiger partial charge in [0, 0.05) is 23.4 Å². The van der Waals surface area contributed by atoms with Crippen LogP contribution in [0.3, 0.4) is 0 Å². The molecule has 2 fully saturated rings. The largest absolute Gasteiger partial charge is 0.501 e. The van der Waals surface area contributed by atoms with Crippen molar-refractivity contribution in [3.05, 3.63) is 71.5 Å². The van der Waals surface area contributed by atoms with E-state index in [9.17, 15) is 31.2 Å². The molecule has 5 rings (SSSR count). The van der Waals surface area contributed by atoms with Gasteiger partial charge in [0.25, 0.3) is 15.7 Å². The molecule has 2 N–H and O–H groups in total. The molecule has 0 saturated heterocycles. The number of hydrogen-bond acceptors (Lipinski definition) is 6.